The second-order valence-electron chi connectivity index (χ2n) is 3.54. The van der Waals surface area contributed by atoms with Gasteiger partial charge in [-0.25, -0.2) is 4.39 Å². The van der Waals surface area contributed by atoms with E-state index in [1.54, 1.807) is 19.2 Å². The Kier molecular flexibility index (Phi) is 4.04. The fraction of sp³-hybridized carbons (Fsp3) is 0.455. The number of rotatable bonds is 4. The predicted octanol–water partition coefficient (Wildman–Crippen LogP) is 2.07. The van der Waals surface area contributed by atoms with Gasteiger partial charge in [-0.15, -0.1) is 0 Å². The molecule has 1 aromatic rings. The van der Waals surface area contributed by atoms with E-state index in [-0.39, 0.29) is 11.9 Å². The van der Waals surface area contributed by atoms with Crippen LogP contribution in [0.15, 0.2) is 24.3 Å². The quantitative estimate of drug-likeness (QED) is 0.732. The summed E-state index contributed by atoms with van der Waals surface area (Å²) in [4.78, 5) is 2.04. The molecule has 0 bridgehead atoms. The first-order chi connectivity index (χ1) is 6.63. The van der Waals surface area contributed by atoms with Gasteiger partial charge in [0.2, 0.25) is 0 Å². The first-order valence-electron chi connectivity index (χ1n) is 4.56. The maximum Gasteiger partial charge on any atom is 0.123 e. The lowest BCUT2D eigenvalue weighted by atomic mass is 10.1. The molecule has 1 atom stereocenters. The van der Waals surface area contributed by atoms with Crippen molar-refractivity contribution in [1.82, 2.24) is 4.90 Å². The average Bonchev–Trinajstić information content (AvgIpc) is 2.15. The van der Waals surface area contributed by atoms with Gasteiger partial charge in [-0.3, -0.25) is 0 Å². The van der Waals surface area contributed by atoms with Gasteiger partial charge in [-0.1, -0.05) is 12.1 Å². The molecule has 2 nitrogen and oxygen atoms in total. The lowest BCUT2D eigenvalue weighted by molar-refractivity contribution is 0.0784. The summed E-state index contributed by atoms with van der Waals surface area (Å²) in [5.41, 5.74) is 1.00. The van der Waals surface area contributed by atoms with Crippen molar-refractivity contribution >= 4 is 0 Å². The van der Waals surface area contributed by atoms with Crippen molar-refractivity contribution < 1.29 is 9.13 Å². The average molecular weight is 197 g/mol. The van der Waals surface area contributed by atoms with E-state index in [4.69, 9.17) is 4.74 Å². The number of halogens is 1. The van der Waals surface area contributed by atoms with Crippen LogP contribution in [0.1, 0.15) is 11.7 Å². The Balaban J connectivity index is 2.73. The first-order valence-corrected chi connectivity index (χ1v) is 4.56. The maximum atomic E-state index is 12.7. The highest BCUT2D eigenvalue weighted by Crippen LogP contribution is 2.17. The largest absolute Gasteiger partial charge is 0.375 e. The van der Waals surface area contributed by atoms with Crippen LogP contribution in [0.3, 0.4) is 0 Å². The Bertz CT molecular complexity index is 271. The van der Waals surface area contributed by atoms with Gasteiger partial charge in [0.15, 0.2) is 0 Å². The van der Waals surface area contributed by atoms with Crippen LogP contribution in [0.4, 0.5) is 4.39 Å². The Morgan fingerprint density at radius 1 is 1.29 bits per heavy atom. The molecular weight excluding hydrogens is 181 g/mol. The van der Waals surface area contributed by atoms with Gasteiger partial charge in [0.05, 0.1) is 6.10 Å². The zero-order valence-corrected chi connectivity index (χ0v) is 8.83. The highest BCUT2D eigenvalue weighted by molar-refractivity contribution is 5.19. The minimum Gasteiger partial charge on any atom is -0.375 e. The smallest absolute Gasteiger partial charge is 0.123 e. The third-order valence-corrected chi connectivity index (χ3v) is 2.06. The monoisotopic (exact) mass is 197 g/mol. The van der Waals surface area contributed by atoms with E-state index in [0.29, 0.717) is 0 Å². The molecule has 0 radical (unpaired) electrons. The Hall–Kier alpha value is -0.930. The number of hydrogen-bond acceptors (Lipinski definition) is 2. The number of methoxy groups -OCH3 is 1. The number of likely N-dealkylation sites (N-methyl/N-ethyl adjacent to an activating group) is 1. The summed E-state index contributed by atoms with van der Waals surface area (Å²) in [6, 6.07) is 6.42. The molecule has 0 aliphatic heterocycles. The van der Waals surface area contributed by atoms with E-state index < -0.39 is 0 Å². The van der Waals surface area contributed by atoms with Crippen molar-refractivity contribution in [3.05, 3.63) is 35.6 Å². The lowest BCUT2D eigenvalue weighted by Gasteiger charge is -2.19. The number of ether oxygens (including phenoxy) is 1. The normalized spacial score (nSPS) is 13.2. The first kappa shape index (κ1) is 11.1. The molecule has 0 saturated heterocycles. The van der Waals surface area contributed by atoms with Crippen molar-refractivity contribution in [2.75, 3.05) is 27.7 Å². The van der Waals surface area contributed by atoms with E-state index in [1.165, 1.54) is 12.1 Å². The molecule has 0 aromatic heterocycles. The van der Waals surface area contributed by atoms with Crippen molar-refractivity contribution in [1.29, 1.82) is 0 Å². The molecule has 0 aliphatic carbocycles. The summed E-state index contributed by atoms with van der Waals surface area (Å²) >= 11 is 0. The maximum absolute atomic E-state index is 12.7. The molecule has 0 aliphatic rings. The minimum atomic E-state index is -0.214. The summed E-state index contributed by atoms with van der Waals surface area (Å²) in [6.45, 7) is 0.794. The molecule has 0 saturated carbocycles. The van der Waals surface area contributed by atoms with E-state index in [2.05, 4.69) is 0 Å². The zero-order chi connectivity index (χ0) is 10.6. The molecule has 3 heteroatoms. The van der Waals surface area contributed by atoms with Gasteiger partial charge in [-0.2, -0.15) is 0 Å². The molecule has 1 rings (SSSR count). The predicted molar refractivity (Wildman–Crippen MR) is 54.7 cm³/mol. The minimum absolute atomic E-state index is 0.00519. The van der Waals surface area contributed by atoms with Crippen LogP contribution in [0.2, 0.25) is 0 Å². The summed E-state index contributed by atoms with van der Waals surface area (Å²) in [6.07, 6.45) is 0.00519. The lowest BCUT2D eigenvalue weighted by Crippen LogP contribution is -2.21. The second kappa shape index (κ2) is 5.08. The van der Waals surface area contributed by atoms with Crippen LogP contribution >= 0.6 is 0 Å². The summed E-state index contributed by atoms with van der Waals surface area (Å²) in [5, 5.41) is 0. The third-order valence-electron chi connectivity index (χ3n) is 2.06. The van der Waals surface area contributed by atoms with Crippen LogP contribution in [-0.2, 0) is 4.74 Å². The van der Waals surface area contributed by atoms with Gasteiger partial charge in [0, 0.05) is 13.7 Å². The molecule has 0 heterocycles. The molecule has 0 fully saturated rings. The van der Waals surface area contributed by atoms with Crippen molar-refractivity contribution in [2.24, 2.45) is 0 Å². The molecule has 1 aromatic carbocycles. The van der Waals surface area contributed by atoms with Crippen molar-refractivity contribution in [2.45, 2.75) is 6.10 Å². The van der Waals surface area contributed by atoms with Gasteiger partial charge in [0.1, 0.15) is 5.82 Å². The van der Waals surface area contributed by atoms with Crippen LogP contribution in [0, 0.1) is 5.82 Å². The zero-order valence-electron chi connectivity index (χ0n) is 8.83. The molecular formula is C11H16FNO. The van der Waals surface area contributed by atoms with Crippen LogP contribution < -0.4 is 0 Å². The van der Waals surface area contributed by atoms with Gasteiger partial charge in [-0.05, 0) is 31.8 Å². The van der Waals surface area contributed by atoms with Crippen LogP contribution in [-0.4, -0.2) is 32.6 Å². The summed E-state index contributed by atoms with van der Waals surface area (Å²) < 4.78 is 18.0. The standard InChI is InChI=1S/C11H16FNO/c1-13(2)8-11(14-3)9-4-6-10(12)7-5-9/h4-7,11H,8H2,1-3H3. The second-order valence-corrected chi connectivity index (χ2v) is 3.54. The highest BCUT2D eigenvalue weighted by atomic mass is 19.1. The third kappa shape index (κ3) is 3.09. The van der Waals surface area contributed by atoms with Crippen molar-refractivity contribution in [3.63, 3.8) is 0 Å². The Labute approximate surface area is 84.3 Å². The highest BCUT2D eigenvalue weighted by Gasteiger charge is 2.10. The molecule has 0 N–H and O–H groups in total. The molecule has 78 valence electrons. The van der Waals surface area contributed by atoms with Crippen molar-refractivity contribution in [3.8, 4) is 0 Å². The fourth-order valence-electron chi connectivity index (χ4n) is 1.33. The number of hydrogen-bond donors (Lipinski definition) is 0. The summed E-state index contributed by atoms with van der Waals surface area (Å²) in [5.74, 6) is -0.214. The van der Waals surface area contributed by atoms with E-state index in [1.807, 2.05) is 19.0 Å². The van der Waals surface area contributed by atoms with E-state index in [0.717, 1.165) is 12.1 Å². The molecule has 1 unspecified atom stereocenters. The molecule has 14 heavy (non-hydrogen) atoms. The number of benzene rings is 1. The topological polar surface area (TPSA) is 12.5 Å². The summed E-state index contributed by atoms with van der Waals surface area (Å²) in [7, 11) is 5.63. The molecule has 0 spiro atoms. The van der Waals surface area contributed by atoms with Gasteiger partial charge in [0.25, 0.3) is 0 Å². The Morgan fingerprint density at radius 3 is 2.29 bits per heavy atom. The van der Waals surface area contributed by atoms with Crippen LogP contribution in [0.25, 0.3) is 0 Å². The van der Waals surface area contributed by atoms with E-state index in [9.17, 15) is 4.39 Å². The van der Waals surface area contributed by atoms with Gasteiger partial charge < -0.3 is 9.64 Å². The van der Waals surface area contributed by atoms with Gasteiger partial charge >= 0.3 is 0 Å². The fourth-order valence-corrected chi connectivity index (χ4v) is 1.33. The SMILES string of the molecule is COC(CN(C)C)c1ccc(F)cc1. The Morgan fingerprint density at radius 2 is 1.86 bits per heavy atom. The van der Waals surface area contributed by atoms with E-state index >= 15 is 0 Å². The number of nitrogens with zero attached hydrogens (tertiary/aromatic N) is 1. The molecule has 0 amide bonds. The van der Waals surface area contributed by atoms with Crippen LogP contribution in [0.5, 0.6) is 0 Å².